The first-order chi connectivity index (χ1) is 13.0. The van der Waals surface area contributed by atoms with Gasteiger partial charge in [0, 0.05) is 24.9 Å². The van der Waals surface area contributed by atoms with E-state index in [0.717, 1.165) is 50.1 Å². The molecule has 1 saturated heterocycles. The third-order valence-electron chi connectivity index (χ3n) is 5.14. The second-order valence-electron chi connectivity index (χ2n) is 7.32. The SMILES string of the molecule is Cc1ccc2nc(N3CCC(CCCC(=O)OCC(N)=O)CC3)ccc2c1. The van der Waals surface area contributed by atoms with Crippen LogP contribution in [0.4, 0.5) is 5.82 Å². The van der Waals surface area contributed by atoms with E-state index < -0.39 is 5.91 Å². The van der Waals surface area contributed by atoms with Crippen molar-refractivity contribution in [1.82, 2.24) is 4.98 Å². The van der Waals surface area contributed by atoms with Crippen LogP contribution >= 0.6 is 0 Å². The fourth-order valence-corrected chi connectivity index (χ4v) is 3.62. The number of nitrogens with two attached hydrogens (primary N) is 1. The Bertz CT molecular complexity index is 813. The van der Waals surface area contributed by atoms with Crippen molar-refractivity contribution < 1.29 is 14.3 Å². The number of rotatable bonds is 7. The maximum atomic E-state index is 11.5. The summed E-state index contributed by atoms with van der Waals surface area (Å²) in [5.74, 6) is 0.697. The van der Waals surface area contributed by atoms with Gasteiger partial charge < -0.3 is 15.4 Å². The van der Waals surface area contributed by atoms with Crippen LogP contribution in [0, 0.1) is 12.8 Å². The minimum atomic E-state index is -0.617. The van der Waals surface area contributed by atoms with Crippen LogP contribution < -0.4 is 10.6 Å². The van der Waals surface area contributed by atoms with E-state index in [-0.39, 0.29) is 12.6 Å². The van der Waals surface area contributed by atoms with Gasteiger partial charge in [-0.25, -0.2) is 4.98 Å². The van der Waals surface area contributed by atoms with Crippen LogP contribution in [0.5, 0.6) is 0 Å². The van der Waals surface area contributed by atoms with E-state index in [9.17, 15) is 9.59 Å². The highest BCUT2D eigenvalue weighted by Crippen LogP contribution is 2.27. The molecule has 2 aromatic rings. The number of aromatic nitrogens is 1. The summed E-state index contributed by atoms with van der Waals surface area (Å²) >= 11 is 0. The van der Waals surface area contributed by atoms with Crippen LogP contribution in [0.3, 0.4) is 0 Å². The molecule has 3 rings (SSSR count). The highest BCUT2D eigenvalue weighted by Gasteiger charge is 2.20. The molecule has 1 amide bonds. The minimum absolute atomic E-state index is 0.324. The lowest BCUT2D eigenvalue weighted by atomic mass is 9.91. The van der Waals surface area contributed by atoms with E-state index in [1.165, 1.54) is 10.9 Å². The number of hydrogen-bond acceptors (Lipinski definition) is 5. The number of piperidine rings is 1. The second kappa shape index (κ2) is 8.84. The number of esters is 1. The number of ether oxygens (including phenoxy) is 1. The normalized spacial score (nSPS) is 15.1. The van der Waals surface area contributed by atoms with Crippen LogP contribution in [0.1, 0.15) is 37.7 Å². The summed E-state index contributed by atoms with van der Waals surface area (Å²) in [5, 5.41) is 1.18. The zero-order valence-electron chi connectivity index (χ0n) is 15.8. The first kappa shape index (κ1) is 19.1. The Morgan fingerprint density at radius 3 is 2.74 bits per heavy atom. The predicted molar refractivity (Wildman–Crippen MR) is 105 cm³/mol. The molecule has 0 saturated carbocycles. The number of pyridine rings is 1. The smallest absolute Gasteiger partial charge is 0.306 e. The van der Waals surface area contributed by atoms with Gasteiger partial charge in [-0.15, -0.1) is 0 Å². The number of hydrogen-bond donors (Lipinski definition) is 1. The van der Waals surface area contributed by atoms with E-state index in [2.05, 4.69) is 42.2 Å². The van der Waals surface area contributed by atoms with E-state index >= 15 is 0 Å². The Morgan fingerprint density at radius 2 is 2.00 bits per heavy atom. The number of primary amides is 1. The van der Waals surface area contributed by atoms with Crippen molar-refractivity contribution in [3.63, 3.8) is 0 Å². The molecule has 1 aliphatic rings. The van der Waals surface area contributed by atoms with Gasteiger partial charge in [-0.3, -0.25) is 9.59 Å². The van der Waals surface area contributed by atoms with Crippen LogP contribution in [0.25, 0.3) is 10.9 Å². The molecule has 144 valence electrons. The Hall–Kier alpha value is -2.63. The molecule has 1 fully saturated rings. The van der Waals surface area contributed by atoms with Crippen LogP contribution in [0.15, 0.2) is 30.3 Å². The number of benzene rings is 1. The summed E-state index contributed by atoms with van der Waals surface area (Å²) in [6.45, 7) is 3.74. The van der Waals surface area contributed by atoms with Gasteiger partial charge in [-0.1, -0.05) is 11.6 Å². The monoisotopic (exact) mass is 369 g/mol. The van der Waals surface area contributed by atoms with Gasteiger partial charge >= 0.3 is 5.97 Å². The molecular weight excluding hydrogens is 342 g/mol. The lowest BCUT2D eigenvalue weighted by molar-refractivity contribution is -0.147. The number of aryl methyl sites for hydroxylation is 1. The summed E-state index contributed by atoms with van der Waals surface area (Å²) in [7, 11) is 0. The number of amides is 1. The van der Waals surface area contributed by atoms with Gasteiger partial charge in [0.05, 0.1) is 5.52 Å². The second-order valence-corrected chi connectivity index (χ2v) is 7.32. The van der Waals surface area contributed by atoms with E-state index in [0.29, 0.717) is 12.3 Å². The Kier molecular flexibility index (Phi) is 6.27. The molecule has 27 heavy (non-hydrogen) atoms. The summed E-state index contributed by atoms with van der Waals surface area (Å²) < 4.78 is 4.78. The summed E-state index contributed by atoms with van der Waals surface area (Å²) in [5.41, 5.74) is 7.24. The van der Waals surface area contributed by atoms with Crippen molar-refractivity contribution in [3.8, 4) is 0 Å². The molecule has 0 aliphatic carbocycles. The van der Waals surface area contributed by atoms with E-state index in [4.69, 9.17) is 15.5 Å². The van der Waals surface area contributed by atoms with Crippen molar-refractivity contribution in [2.75, 3.05) is 24.6 Å². The number of fused-ring (bicyclic) bond motifs is 1. The summed E-state index contributed by atoms with van der Waals surface area (Å²) in [6.07, 6.45) is 4.34. The molecule has 1 aliphatic heterocycles. The highest BCUT2D eigenvalue weighted by molar-refractivity contribution is 5.81. The molecule has 0 atom stereocenters. The van der Waals surface area contributed by atoms with Crippen molar-refractivity contribution in [1.29, 1.82) is 0 Å². The van der Waals surface area contributed by atoms with Gasteiger partial charge in [0.25, 0.3) is 5.91 Å². The fourth-order valence-electron chi connectivity index (χ4n) is 3.62. The maximum absolute atomic E-state index is 11.5. The molecule has 1 aromatic heterocycles. The molecule has 0 bridgehead atoms. The zero-order valence-corrected chi connectivity index (χ0v) is 15.8. The minimum Gasteiger partial charge on any atom is -0.456 e. The average Bonchev–Trinajstić information content (AvgIpc) is 2.66. The van der Waals surface area contributed by atoms with Crippen molar-refractivity contribution in [3.05, 3.63) is 35.9 Å². The number of carbonyl (C=O) groups excluding carboxylic acids is 2. The number of carbonyl (C=O) groups is 2. The topological polar surface area (TPSA) is 85.5 Å². The summed E-state index contributed by atoms with van der Waals surface area (Å²) in [4.78, 5) is 29.3. The van der Waals surface area contributed by atoms with E-state index in [1.54, 1.807) is 0 Å². The molecule has 6 nitrogen and oxygen atoms in total. The van der Waals surface area contributed by atoms with Crippen molar-refractivity contribution >= 4 is 28.6 Å². The largest absolute Gasteiger partial charge is 0.456 e. The number of nitrogens with zero attached hydrogens (tertiary/aromatic N) is 2. The van der Waals surface area contributed by atoms with Gasteiger partial charge in [0.15, 0.2) is 6.61 Å². The molecule has 0 unspecified atom stereocenters. The molecule has 2 N–H and O–H groups in total. The first-order valence-corrected chi connectivity index (χ1v) is 9.57. The molecule has 0 radical (unpaired) electrons. The number of anilines is 1. The third-order valence-corrected chi connectivity index (χ3v) is 5.14. The molecule has 6 heteroatoms. The van der Waals surface area contributed by atoms with Crippen molar-refractivity contribution in [2.45, 2.75) is 39.0 Å². The molecule has 2 heterocycles. The standard InChI is InChI=1S/C21H27N3O3/c1-15-5-7-18-17(13-15)6-8-20(23-18)24-11-9-16(10-12-24)3-2-4-21(26)27-14-19(22)25/h5-8,13,16H,2-4,9-12,14H2,1H3,(H2,22,25). The van der Waals surface area contributed by atoms with Gasteiger partial charge in [-0.05, 0) is 62.8 Å². The van der Waals surface area contributed by atoms with E-state index in [1.807, 2.05) is 0 Å². The quantitative estimate of drug-likeness (QED) is 0.759. The van der Waals surface area contributed by atoms with Crippen molar-refractivity contribution in [2.24, 2.45) is 11.7 Å². The Morgan fingerprint density at radius 1 is 1.22 bits per heavy atom. The van der Waals surface area contributed by atoms with Crippen LogP contribution in [0.2, 0.25) is 0 Å². The van der Waals surface area contributed by atoms with Crippen LogP contribution in [-0.2, 0) is 14.3 Å². The predicted octanol–water partition coefficient (Wildman–Crippen LogP) is 2.96. The Balaban J connectivity index is 1.44. The molecule has 1 aromatic carbocycles. The fraction of sp³-hybridized carbons (Fsp3) is 0.476. The first-order valence-electron chi connectivity index (χ1n) is 9.57. The lowest BCUT2D eigenvalue weighted by Crippen LogP contribution is -2.34. The molecular formula is C21H27N3O3. The van der Waals surface area contributed by atoms with Gasteiger partial charge in [0.1, 0.15) is 5.82 Å². The average molecular weight is 369 g/mol. The maximum Gasteiger partial charge on any atom is 0.306 e. The van der Waals surface area contributed by atoms with Gasteiger partial charge in [0.2, 0.25) is 0 Å². The zero-order chi connectivity index (χ0) is 19.2. The van der Waals surface area contributed by atoms with Gasteiger partial charge in [-0.2, -0.15) is 0 Å². The lowest BCUT2D eigenvalue weighted by Gasteiger charge is -2.33. The Labute approximate surface area is 159 Å². The summed E-state index contributed by atoms with van der Waals surface area (Å²) in [6, 6.07) is 10.6. The molecule has 0 spiro atoms. The van der Waals surface area contributed by atoms with Crippen LogP contribution in [-0.4, -0.2) is 36.6 Å². The third kappa shape index (κ3) is 5.42. The highest BCUT2D eigenvalue weighted by atomic mass is 16.5.